The van der Waals surface area contributed by atoms with Gasteiger partial charge in [-0.3, -0.25) is 0 Å². The molecule has 1 heteroatoms. The molecule has 4 aliphatic carbocycles. The Morgan fingerprint density at radius 1 is 0.909 bits per heavy atom. The van der Waals surface area contributed by atoms with E-state index in [1.165, 1.54) is 70.6 Å². The lowest BCUT2D eigenvalue weighted by Gasteiger charge is -2.61. The molecular formula is C21H36O. The molecule has 0 aromatic rings. The van der Waals surface area contributed by atoms with Crippen molar-refractivity contribution in [2.75, 3.05) is 6.61 Å². The van der Waals surface area contributed by atoms with Gasteiger partial charge in [-0.1, -0.05) is 33.1 Å². The van der Waals surface area contributed by atoms with Crippen molar-refractivity contribution in [3.8, 4) is 0 Å². The van der Waals surface area contributed by atoms with Crippen molar-refractivity contribution < 1.29 is 5.11 Å². The zero-order chi connectivity index (χ0) is 15.4. The number of aliphatic hydroxyl groups is 1. The molecule has 0 spiro atoms. The summed E-state index contributed by atoms with van der Waals surface area (Å²) >= 11 is 0. The minimum atomic E-state index is 0.313. The molecule has 0 unspecified atom stereocenters. The van der Waals surface area contributed by atoms with Crippen LogP contribution in [0.3, 0.4) is 0 Å². The van der Waals surface area contributed by atoms with Gasteiger partial charge in [0.2, 0.25) is 0 Å². The van der Waals surface area contributed by atoms with Crippen LogP contribution in [0, 0.1) is 40.4 Å². The van der Waals surface area contributed by atoms with Crippen molar-refractivity contribution >= 4 is 0 Å². The minimum absolute atomic E-state index is 0.313. The van der Waals surface area contributed by atoms with E-state index in [-0.39, 0.29) is 0 Å². The monoisotopic (exact) mass is 304 g/mol. The van der Waals surface area contributed by atoms with E-state index in [0.717, 1.165) is 29.6 Å². The lowest BCUT2D eigenvalue weighted by atomic mass is 9.44. The molecule has 0 amide bonds. The SMILES string of the molecule is CC[C@H]1CC[C@H]2[C@@H]3CC[C@@H]4CCCC[C@]4(C)[C@H]3CC[C@]12CO. The Morgan fingerprint density at radius 3 is 2.55 bits per heavy atom. The zero-order valence-corrected chi connectivity index (χ0v) is 14.8. The van der Waals surface area contributed by atoms with Crippen molar-refractivity contribution in [3.05, 3.63) is 0 Å². The van der Waals surface area contributed by atoms with Crippen LogP contribution < -0.4 is 0 Å². The van der Waals surface area contributed by atoms with Crippen molar-refractivity contribution in [2.45, 2.75) is 84.5 Å². The van der Waals surface area contributed by atoms with E-state index in [1.807, 2.05) is 0 Å². The van der Waals surface area contributed by atoms with Gasteiger partial charge in [0.05, 0.1) is 0 Å². The number of hydrogen-bond donors (Lipinski definition) is 1. The van der Waals surface area contributed by atoms with Crippen LogP contribution in [0.25, 0.3) is 0 Å². The highest BCUT2D eigenvalue weighted by Crippen LogP contribution is 2.67. The summed E-state index contributed by atoms with van der Waals surface area (Å²) in [6.45, 7) is 5.49. The predicted octanol–water partition coefficient (Wildman–Crippen LogP) is 5.42. The standard InChI is InChI=1S/C21H36O/c1-3-15-8-10-19-17-9-7-16-6-4-5-12-20(16,2)18(17)11-13-21(15,19)14-22/h15-19,22H,3-14H2,1-2H3/t15-,16-,17+,18-,19-,20-,21-/m0/s1. The van der Waals surface area contributed by atoms with E-state index in [0.29, 0.717) is 17.4 Å². The Labute approximate surface area is 137 Å². The summed E-state index contributed by atoms with van der Waals surface area (Å²) in [7, 11) is 0. The third-order valence-corrected chi connectivity index (χ3v) is 9.27. The van der Waals surface area contributed by atoms with Gasteiger partial charge in [-0.05, 0) is 91.8 Å². The molecule has 1 nitrogen and oxygen atoms in total. The normalized spacial score (nSPS) is 54.4. The second-order valence-electron chi connectivity index (χ2n) is 9.52. The van der Waals surface area contributed by atoms with Crippen LogP contribution in [0.15, 0.2) is 0 Å². The topological polar surface area (TPSA) is 20.2 Å². The largest absolute Gasteiger partial charge is 0.396 e. The molecule has 0 aromatic heterocycles. The first-order valence-electron chi connectivity index (χ1n) is 10.3. The van der Waals surface area contributed by atoms with Gasteiger partial charge >= 0.3 is 0 Å². The van der Waals surface area contributed by atoms with Crippen molar-refractivity contribution in [2.24, 2.45) is 40.4 Å². The number of fused-ring (bicyclic) bond motifs is 5. The van der Waals surface area contributed by atoms with E-state index < -0.39 is 0 Å². The first-order chi connectivity index (χ1) is 10.7. The van der Waals surface area contributed by atoms with E-state index in [1.54, 1.807) is 0 Å². The molecule has 1 N–H and O–H groups in total. The van der Waals surface area contributed by atoms with Gasteiger partial charge in [0.25, 0.3) is 0 Å². The number of aliphatic hydroxyl groups excluding tert-OH is 1. The summed E-state index contributed by atoms with van der Waals surface area (Å²) in [5.74, 6) is 4.59. The lowest BCUT2D eigenvalue weighted by Crippen LogP contribution is -2.54. The lowest BCUT2D eigenvalue weighted by molar-refractivity contribution is -0.128. The molecule has 4 fully saturated rings. The molecule has 0 radical (unpaired) electrons. The average Bonchev–Trinajstić information content (AvgIpc) is 2.93. The Bertz CT molecular complexity index is 416. The summed E-state index contributed by atoms with van der Waals surface area (Å²) in [4.78, 5) is 0. The predicted molar refractivity (Wildman–Crippen MR) is 91.5 cm³/mol. The Morgan fingerprint density at radius 2 is 1.77 bits per heavy atom. The minimum Gasteiger partial charge on any atom is -0.396 e. The second kappa shape index (κ2) is 5.50. The fourth-order valence-corrected chi connectivity index (χ4v) is 8.15. The Kier molecular flexibility index (Phi) is 3.87. The number of rotatable bonds is 2. The summed E-state index contributed by atoms with van der Waals surface area (Å²) in [6.07, 6.45) is 15.8. The van der Waals surface area contributed by atoms with Crippen LogP contribution in [0.1, 0.15) is 84.5 Å². The van der Waals surface area contributed by atoms with E-state index in [2.05, 4.69) is 13.8 Å². The average molecular weight is 305 g/mol. The third kappa shape index (κ3) is 1.93. The van der Waals surface area contributed by atoms with Gasteiger partial charge < -0.3 is 5.11 Å². The summed E-state index contributed by atoms with van der Waals surface area (Å²) in [5, 5.41) is 10.3. The Hall–Kier alpha value is -0.0400. The smallest absolute Gasteiger partial charge is 0.0492 e. The second-order valence-corrected chi connectivity index (χ2v) is 9.52. The maximum atomic E-state index is 10.3. The van der Waals surface area contributed by atoms with Gasteiger partial charge in [-0.25, -0.2) is 0 Å². The van der Waals surface area contributed by atoms with Crippen molar-refractivity contribution in [1.82, 2.24) is 0 Å². The fraction of sp³-hybridized carbons (Fsp3) is 1.00. The van der Waals surface area contributed by atoms with Gasteiger partial charge in [0.15, 0.2) is 0 Å². The summed E-state index contributed by atoms with van der Waals surface area (Å²) in [6, 6.07) is 0. The van der Waals surface area contributed by atoms with Gasteiger partial charge in [0.1, 0.15) is 0 Å². The van der Waals surface area contributed by atoms with Crippen LogP contribution in [-0.2, 0) is 0 Å². The summed E-state index contributed by atoms with van der Waals surface area (Å²) < 4.78 is 0. The van der Waals surface area contributed by atoms with Crippen molar-refractivity contribution in [3.63, 3.8) is 0 Å². The zero-order valence-electron chi connectivity index (χ0n) is 14.8. The first-order valence-corrected chi connectivity index (χ1v) is 10.3. The molecule has 126 valence electrons. The molecule has 4 rings (SSSR count). The molecular weight excluding hydrogens is 268 g/mol. The van der Waals surface area contributed by atoms with Crippen LogP contribution in [0.5, 0.6) is 0 Å². The quantitative estimate of drug-likeness (QED) is 0.722. The van der Waals surface area contributed by atoms with Crippen LogP contribution in [0.2, 0.25) is 0 Å². The molecule has 4 saturated carbocycles. The highest BCUT2D eigenvalue weighted by atomic mass is 16.3. The maximum absolute atomic E-state index is 10.3. The third-order valence-electron chi connectivity index (χ3n) is 9.27. The van der Waals surface area contributed by atoms with Crippen LogP contribution in [0.4, 0.5) is 0 Å². The highest BCUT2D eigenvalue weighted by molar-refractivity contribution is 5.09. The van der Waals surface area contributed by atoms with E-state index in [9.17, 15) is 5.11 Å². The van der Waals surface area contributed by atoms with Crippen molar-refractivity contribution in [1.29, 1.82) is 0 Å². The van der Waals surface area contributed by atoms with Crippen LogP contribution in [-0.4, -0.2) is 11.7 Å². The van der Waals surface area contributed by atoms with Gasteiger partial charge in [-0.2, -0.15) is 0 Å². The molecule has 4 aliphatic rings. The fourth-order valence-electron chi connectivity index (χ4n) is 8.15. The highest BCUT2D eigenvalue weighted by Gasteiger charge is 2.60. The van der Waals surface area contributed by atoms with Gasteiger partial charge in [0, 0.05) is 6.61 Å². The molecule has 0 saturated heterocycles. The molecule has 22 heavy (non-hydrogen) atoms. The first kappa shape index (κ1) is 15.5. The van der Waals surface area contributed by atoms with E-state index in [4.69, 9.17) is 0 Å². The molecule has 0 heterocycles. The van der Waals surface area contributed by atoms with E-state index >= 15 is 0 Å². The molecule has 7 atom stereocenters. The molecule has 0 bridgehead atoms. The molecule has 0 aliphatic heterocycles. The van der Waals surface area contributed by atoms with Gasteiger partial charge in [-0.15, -0.1) is 0 Å². The number of hydrogen-bond acceptors (Lipinski definition) is 1. The Balaban J connectivity index is 1.64. The maximum Gasteiger partial charge on any atom is 0.0492 e. The molecule has 0 aromatic carbocycles. The summed E-state index contributed by atoms with van der Waals surface area (Å²) in [5.41, 5.74) is 0.959. The van der Waals surface area contributed by atoms with Crippen LogP contribution >= 0.6 is 0 Å².